The molecule has 0 saturated heterocycles. The minimum absolute atomic E-state index is 0.103. The molecule has 2 atom stereocenters. The molecular formula is C11H15BrFN. The third-order valence-electron chi connectivity index (χ3n) is 2.32. The van der Waals surface area contributed by atoms with Gasteiger partial charge in [-0.1, -0.05) is 28.1 Å². The van der Waals surface area contributed by atoms with E-state index in [1.807, 2.05) is 31.2 Å². The number of nitrogens with one attached hydrogen (secondary N) is 1. The van der Waals surface area contributed by atoms with Crippen molar-refractivity contribution in [1.82, 2.24) is 5.32 Å². The normalized spacial score (nSPS) is 15.1. The molecule has 78 valence electrons. The lowest BCUT2D eigenvalue weighted by Gasteiger charge is -2.15. The van der Waals surface area contributed by atoms with Crippen LogP contribution in [0, 0.1) is 0 Å². The topological polar surface area (TPSA) is 12.0 Å². The van der Waals surface area contributed by atoms with E-state index in [4.69, 9.17) is 0 Å². The Morgan fingerprint density at radius 2 is 2.21 bits per heavy atom. The van der Waals surface area contributed by atoms with Crippen molar-refractivity contribution in [3.05, 3.63) is 34.3 Å². The van der Waals surface area contributed by atoms with Gasteiger partial charge in [0.25, 0.3) is 0 Å². The summed E-state index contributed by atoms with van der Waals surface area (Å²) in [5.74, 6) is 0. The summed E-state index contributed by atoms with van der Waals surface area (Å²) < 4.78 is 14.5. The maximum absolute atomic E-state index is 13.5. The largest absolute Gasteiger partial charge is 0.314 e. The molecule has 0 heterocycles. The first-order valence-corrected chi connectivity index (χ1v) is 5.48. The molecular weight excluding hydrogens is 245 g/mol. The molecule has 3 heteroatoms. The van der Waals surface area contributed by atoms with Gasteiger partial charge in [0.2, 0.25) is 0 Å². The van der Waals surface area contributed by atoms with Crippen molar-refractivity contribution < 1.29 is 4.39 Å². The molecule has 0 aliphatic carbocycles. The zero-order valence-corrected chi connectivity index (χ0v) is 10.0. The number of hydrogen-bond donors (Lipinski definition) is 1. The van der Waals surface area contributed by atoms with Crippen LogP contribution in [0.2, 0.25) is 0 Å². The smallest absolute Gasteiger partial charge is 0.119 e. The van der Waals surface area contributed by atoms with Crippen LogP contribution < -0.4 is 5.32 Å². The second-order valence-corrected chi connectivity index (χ2v) is 4.34. The van der Waals surface area contributed by atoms with Crippen molar-refractivity contribution in [2.24, 2.45) is 0 Å². The van der Waals surface area contributed by atoms with Crippen molar-refractivity contribution >= 4 is 15.9 Å². The molecule has 0 radical (unpaired) electrons. The van der Waals surface area contributed by atoms with Crippen molar-refractivity contribution in [3.63, 3.8) is 0 Å². The summed E-state index contributed by atoms with van der Waals surface area (Å²) in [6, 6.07) is 7.66. The summed E-state index contributed by atoms with van der Waals surface area (Å²) in [6.45, 7) is 1.85. The van der Waals surface area contributed by atoms with Crippen LogP contribution in [0.25, 0.3) is 0 Å². The molecule has 0 bridgehead atoms. The van der Waals surface area contributed by atoms with Gasteiger partial charge in [-0.3, -0.25) is 0 Å². The Balaban J connectivity index is 2.60. The SMILES string of the molecule is CNC(C)C(F)Cc1cccc(Br)c1. The van der Waals surface area contributed by atoms with E-state index >= 15 is 0 Å². The number of rotatable bonds is 4. The number of halogens is 2. The van der Waals surface area contributed by atoms with E-state index in [-0.39, 0.29) is 6.04 Å². The zero-order valence-electron chi connectivity index (χ0n) is 8.43. The second kappa shape index (κ2) is 5.47. The van der Waals surface area contributed by atoms with Gasteiger partial charge in [0.05, 0.1) is 0 Å². The van der Waals surface area contributed by atoms with Gasteiger partial charge in [0, 0.05) is 16.9 Å². The van der Waals surface area contributed by atoms with Crippen LogP contribution in [0.5, 0.6) is 0 Å². The molecule has 14 heavy (non-hydrogen) atoms. The molecule has 1 nitrogen and oxygen atoms in total. The van der Waals surface area contributed by atoms with Crippen LogP contribution in [-0.2, 0) is 6.42 Å². The molecule has 1 N–H and O–H groups in total. The minimum atomic E-state index is -0.839. The standard InChI is InChI=1S/C11H15BrFN/c1-8(14-2)11(13)7-9-4-3-5-10(12)6-9/h3-6,8,11,14H,7H2,1-2H3. The minimum Gasteiger partial charge on any atom is -0.314 e. The molecule has 0 fully saturated rings. The van der Waals surface area contributed by atoms with Gasteiger partial charge in [0.1, 0.15) is 6.17 Å². The van der Waals surface area contributed by atoms with Crippen LogP contribution in [0.4, 0.5) is 4.39 Å². The molecule has 1 aromatic carbocycles. The summed E-state index contributed by atoms with van der Waals surface area (Å²) in [4.78, 5) is 0. The fourth-order valence-corrected chi connectivity index (χ4v) is 1.69. The summed E-state index contributed by atoms with van der Waals surface area (Å²) in [6.07, 6.45) is -0.379. The van der Waals surface area contributed by atoms with Gasteiger partial charge in [0.15, 0.2) is 0 Å². The Hall–Kier alpha value is -0.410. The van der Waals surface area contributed by atoms with E-state index in [9.17, 15) is 4.39 Å². The summed E-state index contributed by atoms with van der Waals surface area (Å²) in [5.41, 5.74) is 1.02. The molecule has 0 amide bonds. The number of alkyl halides is 1. The van der Waals surface area contributed by atoms with E-state index in [0.717, 1.165) is 10.0 Å². The van der Waals surface area contributed by atoms with Gasteiger partial charge in [-0.2, -0.15) is 0 Å². The fraction of sp³-hybridized carbons (Fsp3) is 0.455. The monoisotopic (exact) mass is 259 g/mol. The Morgan fingerprint density at radius 1 is 1.50 bits per heavy atom. The van der Waals surface area contributed by atoms with E-state index in [0.29, 0.717) is 6.42 Å². The zero-order chi connectivity index (χ0) is 10.6. The van der Waals surface area contributed by atoms with Crippen molar-refractivity contribution in [1.29, 1.82) is 0 Å². The van der Waals surface area contributed by atoms with Gasteiger partial charge in [-0.25, -0.2) is 4.39 Å². The third-order valence-corrected chi connectivity index (χ3v) is 2.81. The van der Waals surface area contributed by atoms with E-state index in [2.05, 4.69) is 21.2 Å². The van der Waals surface area contributed by atoms with Crippen LogP contribution in [-0.4, -0.2) is 19.3 Å². The Labute approximate surface area is 92.8 Å². The van der Waals surface area contributed by atoms with E-state index in [1.165, 1.54) is 0 Å². The average molecular weight is 260 g/mol. The highest BCUT2D eigenvalue weighted by atomic mass is 79.9. The molecule has 0 aliphatic heterocycles. The van der Waals surface area contributed by atoms with Crippen molar-refractivity contribution in [2.75, 3.05) is 7.05 Å². The number of hydrogen-bond acceptors (Lipinski definition) is 1. The quantitative estimate of drug-likeness (QED) is 0.877. The fourth-order valence-electron chi connectivity index (χ4n) is 1.25. The lowest BCUT2D eigenvalue weighted by Crippen LogP contribution is -2.33. The van der Waals surface area contributed by atoms with Gasteiger partial charge < -0.3 is 5.32 Å². The first-order valence-electron chi connectivity index (χ1n) is 4.69. The molecule has 1 aromatic rings. The molecule has 0 aromatic heterocycles. The highest BCUT2D eigenvalue weighted by Crippen LogP contribution is 2.15. The Morgan fingerprint density at radius 3 is 2.79 bits per heavy atom. The predicted molar refractivity (Wildman–Crippen MR) is 61.3 cm³/mol. The molecule has 0 aliphatic rings. The van der Waals surface area contributed by atoms with Crippen LogP contribution in [0.1, 0.15) is 12.5 Å². The first kappa shape index (κ1) is 11.7. The van der Waals surface area contributed by atoms with E-state index < -0.39 is 6.17 Å². The van der Waals surface area contributed by atoms with Crippen molar-refractivity contribution in [3.8, 4) is 0 Å². The maximum Gasteiger partial charge on any atom is 0.119 e. The van der Waals surface area contributed by atoms with Gasteiger partial charge >= 0.3 is 0 Å². The van der Waals surface area contributed by atoms with Crippen LogP contribution >= 0.6 is 15.9 Å². The van der Waals surface area contributed by atoms with E-state index in [1.54, 1.807) is 7.05 Å². The Kier molecular flexibility index (Phi) is 4.55. The van der Waals surface area contributed by atoms with Gasteiger partial charge in [-0.15, -0.1) is 0 Å². The molecule has 2 unspecified atom stereocenters. The highest BCUT2D eigenvalue weighted by Gasteiger charge is 2.14. The molecule has 1 rings (SSSR count). The second-order valence-electron chi connectivity index (χ2n) is 3.43. The summed E-state index contributed by atoms with van der Waals surface area (Å²) in [7, 11) is 1.78. The van der Waals surface area contributed by atoms with Crippen LogP contribution in [0.15, 0.2) is 28.7 Å². The lowest BCUT2D eigenvalue weighted by molar-refractivity contribution is 0.267. The third kappa shape index (κ3) is 3.39. The van der Waals surface area contributed by atoms with Crippen LogP contribution in [0.3, 0.4) is 0 Å². The highest BCUT2D eigenvalue weighted by molar-refractivity contribution is 9.10. The molecule has 0 spiro atoms. The van der Waals surface area contributed by atoms with Gasteiger partial charge in [-0.05, 0) is 31.7 Å². The summed E-state index contributed by atoms with van der Waals surface area (Å²) in [5, 5.41) is 2.91. The Bertz CT molecular complexity index is 290. The number of benzene rings is 1. The maximum atomic E-state index is 13.5. The lowest BCUT2D eigenvalue weighted by atomic mass is 10.0. The average Bonchev–Trinajstić information content (AvgIpc) is 2.16. The van der Waals surface area contributed by atoms with Crippen molar-refractivity contribution in [2.45, 2.75) is 25.6 Å². The predicted octanol–water partition coefficient (Wildman–Crippen LogP) is 2.94. The molecule has 0 saturated carbocycles. The first-order chi connectivity index (χ1) is 6.63. The summed E-state index contributed by atoms with van der Waals surface area (Å²) >= 11 is 3.37.